The van der Waals surface area contributed by atoms with Crippen LogP contribution in [0, 0.1) is 0 Å². The third kappa shape index (κ3) is 2.56. The molecule has 2 aliphatic heterocycles. The lowest BCUT2D eigenvalue weighted by Crippen LogP contribution is -2.51. The Bertz CT molecular complexity index is 779. The summed E-state index contributed by atoms with van der Waals surface area (Å²) in [4.78, 5) is 0.547. The Balaban J connectivity index is 1.76. The number of thiophene rings is 1. The molecule has 2 aromatic heterocycles. The summed E-state index contributed by atoms with van der Waals surface area (Å²) >= 11 is 7.26. The highest BCUT2D eigenvalue weighted by Crippen LogP contribution is 2.54. The van der Waals surface area contributed by atoms with Gasteiger partial charge in [-0.15, -0.1) is 16.4 Å². The molecule has 0 aliphatic carbocycles. The zero-order valence-electron chi connectivity index (χ0n) is 13.2. The Labute approximate surface area is 146 Å². The van der Waals surface area contributed by atoms with E-state index in [0.717, 1.165) is 5.69 Å². The van der Waals surface area contributed by atoms with Crippen molar-refractivity contribution in [1.82, 2.24) is 20.3 Å². The van der Waals surface area contributed by atoms with E-state index in [9.17, 15) is 8.78 Å². The maximum absolute atomic E-state index is 14.3. The summed E-state index contributed by atoms with van der Waals surface area (Å²) in [6.07, 6.45) is 2.97. The summed E-state index contributed by atoms with van der Waals surface area (Å²) in [6.45, 7) is 1.41. The van der Waals surface area contributed by atoms with Gasteiger partial charge < -0.3 is 10.1 Å². The Morgan fingerprint density at radius 3 is 2.96 bits per heavy atom. The van der Waals surface area contributed by atoms with Gasteiger partial charge >= 0.3 is 0 Å². The van der Waals surface area contributed by atoms with Crippen molar-refractivity contribution >= 4 is 22.9 Å². The number of rotatable bonds is 1. The smallest absolute Gasteiger partial charge is 0.297 e. The summed E-state index contributed by atoms with van der Waals surface area (Å²) in [5.74, 6) is -3.00. The lowest BCUT2D eigenvalue weighted by atomic mass is 9.78. The van der Waals surface area contributed by atoms with Gasteiger partial charge in [0.1, 0.15) is 12.2 Å². The van der Waals surface area contributed by atoms with Crippen LogP contribution in [-0.2, 0) is 23.3 Å². The minimum atomic E-state index is -3.00. The van der Waals surface area contributed by atoms with E-state index in [4.69, 9.17) is 16.3 Å². The zero-order chi connectivity index (χ0) is 17.1. The number of piperidine rings is 1. The number of aromatic nitrogens is 3. The molecule has 4 rings (SSSR count). The largest absolute Gasteiger partial charge is 0.363 e. The molecular formula is C15H17ClF2N4OS. The molecule has 5 nitrogen and oxygen atoms in total. The number of ether oxygens (including phenoxy) is 1. The number of nitrogens with zero attached hydrogens (tertiary/aromatic N) is 3. The molecule has 0 radical (unpaired) electrons. The normalized spacial score (nSPS) is 32.0. The van der Waals surface area contributed by atoms with Crippen molar-refractivity contribution in [2.24, 2.45) is 7.05 Å². The average molecular weight is 375 g/mol. The molecule has 0 saturated carbocycles. The number of alkyl halides is 2. The molecule has 9 heteroatoms. The first kappa shape index (κ1) is 16.4. The molecule has 130 valence electrons. The first-order valence-corrected chi connectivity index (χ1v) is 8.93. The Morgan fingerprint density at radius 2 is 2.25 bits per heavy atom. The number of hydrogen-bond donors (Lipinski definition) is 1. The highest BCUT2D eigenvalue weighted by molar-refractivity contribution is 7.16. The molecule has 0 bridgehead atoms. The monoisotopic (exact) mass is 374 g/mol. The summed E-state index contributed by atoms with van der Waals surface area (Å²) in [5, 5.41) is 11.6. The number of aryl methyl sites for hydroxylation is 1. The van der Waals surface area contributed by atoms with Gasteiger partial charge in [0.25, 0.3) is 5.92 Å². The van der Waals surface area contributed by atoms with Gasteiger partial charge in [-0.05, 0) is 19.4 Å². The van der Waals surface area contributed by atoms with Crippen molar-refractivity contribution in [3.8, 4) is 0 Å². The van der Waals surface area contributed by atoms with E-state index in [1.165, 1.54) is 17.4 Å². The van der Waals surface area contributed by atoms with Gasteiger partial charge in [0.15, 0.2) is 0 Å². The van der Waals surface area contributed by atoms with Crippen LogP contribution in [0.2, 0.25) is 4.34 Å². The van der Waals surface area contributed by atoms with Crippen LogP contribution >= 0.6 is 22.9 Å². The second-order valence-corrected chi connectivity index (χ2v) is 8.31. The molecule has 1 spiro atoms. The molecule has 4 heterocycles. The lowest BCUT2D eigenvalue weighted by Gasteiger charge is -2.47. The Kier molecular flexibility index (Phi) is 3.72. The third-order valence-electron chi connectivity index (χ3n) is 4.67. The van der Waals surface area contributed by atoms with Gasteiger partial charge in [-0.3, -0.25) is 4.68 Å². The van der Waals surface area contributed by atoms with Crippen LogP contribution in [0.1, 0.15) is 41.9 Å². The number of fused-ring (bicyclic) bond motifs is 2. The molecule has 1 fully saturated rings. The standard InChI is InChI=1S/C15H17ClF2N4OS/c1-8-4-14(5-10(19-8)11-6-22(2)21-20-11)13-9(3-12(16)24-13)15(17,18)7-23-14/h3,6,8,10,19H,4-5,7H2,1-2H3. The van der Waals surface area contributed by atoms with Crippen LogP contribution in [0.5, 0.6) is 0 Å². The second-order valence-electron chi connectivity index (χ2n) is 6.63. The van der Waals surface area contributed by atoms with Crippen LogP contribution in [0.25, 0.3) is 0 Å². The molecule has 24 heavy (non-hydrogen) atoms. The molecule has 1 N–H and O–H groups in total. The Morgan fingerprint density at radius 1 is 1.46 bits per heavy atom. The SMILES string of the molecule is CC1CC2(CC(c3cn(C)nn3)N1)OCC(F)(F)c1cc(Cl)sc12. The van der Waals surface area contributed by atoms with Crippen molar-refractivity contribution in [2.75, 3.05) is 6.61 Å². The topological polar surface area (TPSA) is 52.0 Å². The van der Waals surface area contributed by atoms with Crippen molar-refractivity contribution in [1.29, 1.82) is 0 Å². The molecule has 1 saturated heterocycles. The lowest BCUT2D eigenvalue weighted by molar-refractivity contribution is -0.183. The minimum Gasteiger partial charge on any atom is -0.363 e. The quantitative estimate of drug-likeness (QED) is 0.831. The second kappa shape index (κ2) is 5.45. The maximum atomic E-state index is 14.3. The molecule has 2 aromatic rings. The summed E-state index contributed by atoms with van der Waals surface area (Å²) in [6, 6.07) is 1.37. The first-order valence-electron chi connectivity index (χ1n) is 7.73. The third-order valence-corrected chi connectivity index (χ3v) is 6.12. The minimum absolute atomic E-state index is 0.00995. The van der Waals surface area contributed by atoms with Gasteiger partial charge in [0, 0.05) is 36.1 Å². The molecule has 3 atom stereocenters. The fraction of sp³-hybridized carbons (Fsp3) is 0.600. The summed E-state index contributed by atoms with van der Waals surface area (Å²) in [5.41, 5.74) is 0.0334. The predicted molar refractivity (Wildman–Crippen MR) is 86.4 cm³/mol. The fourth-order valence-electron chi connectivity index (χ4n) is 3.73. The van der Waals surface area contributed by atoms with E-state index >= 15 is 0 Å². The van der Waals surface area contributed by atoms with Gasteiger partial charge in [0.2, 0.25) is 0 Å². The zero-order valence-corrected chi connectivity index (χ0v) is 14.8. The summed E-state index contributed by atoms with van der Waals surface area (Å²) in [7, 11) is 1.80. The first-order chi connectivity index (χ1) is 11.3. The van der Waals surface area contributed by atoms with E-state index in [1.807, 2.05) is 13.1 Å². The van der Waals surface area contributed by atoms with Crippen molar-refractivity contribution in [3.05, 3.63) is 32.7 Å². The molecule has 0 amide bonds. The molecule has 0 aromatic carbocycles. The van der Waals surface area contributed by atoms with E-state index in [1.54, 1.807) is 11.7 Å². The van der Waals surface area contributed by atoms with Crippen LogP contribution in [0.3, 0.4) is 0 Å². The van der Waals surface area contributed by atoms with E-state index in [0.29, 0.717) is 22.1 Å². The van der Waals surface area contributed by atoms with Crippen LogP contribution < -0.4 is 5.32 Å². The predicted octanol–water partition coefficient (Wildman–Crippen LogP) is 3.36. The van der Waals surface area contributed by atoms with Crippen molar-refractivity contribution in [3.63, 3.8) is 0 Å². The molecule has 2 aliphatic rings. The van der Waals surface area contributed by atoms with Crippen molar-refractivity contribution in [2.45, 2.75) is 43.4 Å². The maximum Gasteiger partial charge on any atom is 0.297 e. The molecule has 3 unspecified atom stereocenters. The number of hydrogen-bond acceptors (Lipinski definition) is 5. The number of nitrogens with one attached hydrogen (secondary N) is 1. The van der Waals surface area contributed by atoms with Crippen LogP contribution in [0.4, 0.5) is 8.78 Å². The number of halogens is 3. The highest BCUT2D eigenvalue weighted by atomic mass is 35.5. The van der Waals surface area contributed by atoms with Gasteiger partial charge in [-0.1, -0.05) is 16.8 Å². The van der Waals surface area contributed by atoms with Crippen LogP contribution in [-0.4, -0.2) is 27.6 Å². The highest BCUT2D eigenvalue weighted by Gasteiger charge is 2.53. The van der Waals surface area contributed by atoms with E-state index in [-0.39, 0.29) is 17.6 Å². The fourth-order valence-corrected chi connectivity index (χ4v) is 5.17. The van der Waals surface area contributed by atoms with E-state index in [2.05, 4.69) is 15.6 Å². The van der Waals surface area contributed by atoms with Crippen molar-refractivity contribution < 1.29 is 13.5 Å². The van der Waals surface area contributed by atoms with Gasteiger partial charge in [0.05, 0.1) is 16.1 Å². The molecular weight excluding hydrogens is 358 g/mol. The van der Waals surface area contributed by atoms with E-state index < -0.39 is 18.1 Å². The average Bonchev–Trinajstić information content (AvgIpc) is 3.11. The van der Waals surface area contributed by atoms with Gasteiger partial charge in [-0.2, -0.15) is 8.78 Å². The van der Waals surface area contributed by atoms with Crippen LogP contribution in [0.15, 0.2) is 12.3 Å². The van der Waals surface area contributed by atoms with Gasteiger partial charge in [-0.25, -0.2) is 0 Å². The summed E-state index contributed by atoms with van der Waals surface area (Å²) < 4.78 is 36.3. The Hall–Kier alpha value is -1.09.